The number of aryl methyl sites for hydroxylation is 1. The van der Waals surface area contributed by atoms with Crippen molar-refractivity contribution in [1.82, 2.24) is 19.7 Å². The van der Waals surface area contributed by atoms with Crippen LogP contribution in [-0.4, -0.2) is 33.5 Å². The van der Waals surface area contributed by atoms with E-state index in [4.69, 9.17) is 20.8 Å². The van der Waals surface area contributed by atoms with Gasteiger partial charge in [0.2, 0.25) is 11.8 Å². The molecule has 0 radical (unpaired) electrons. The molecule has 0 N–H and O–H groups in total. The van der Waals surface area contributed by atoms with Crippen LogP contribution in [-0.2, 0) is 23.5 Å². The van der Waals surface area contributed by atoms with E-state index < -0.39 is 0 Å². The second kappa shape index (κ2) is 8.66. The molecule has 2 heterocycles. The van der Waals surface area contributed by atoms with E-state index in [2.05, 4.69) is 15.2 Å². The first-order valence-corrected chi connectivity index (χ1v) is 9.61. The quantitative estimate of drug-likeness (QED) is 0.329. The third-order valence-electron chi connectivity index (χ3n) is 3.75. The maximum Gasteiger partial charge on any atom is 0.262 e. The van der Waals surface area contributed by atoms with E-state index >= 15 is 0 Å². The molecule has 3 aromatic rings. The first-order valence-electron chi connectivity index (χ1n) is 8.25. The smallest absolute Gasteiger partial charge is 0.262 e. The second-order valence-corrected chi connectivity index (χ2v) is 6.97. The number of methoxy groups -OCH3 is 1. The highest BCUT2D eigenvalue weighted by Crippen LogP contribution is 2.23. The summed E-state index contributed by atoms with van der Waals surface area (Å²) >= 11 is 7.44. The van der Waals surface area contributed by atoms with Gasteiger partial charge < -0.3 is 9.15 Å². The van der Waals surface area contributed by atoms with Gasteiger partial charge in [-0.2, -0.15) is 0 Å². The van der Waals surface area contributed by atoms with Crippen LogP contribution in [0.3, 0.4) is 0 Å². The van der Waals surface area contributed by atoms with Gasteiger partial charge in [0.15, 0.2) is 5.16 Å². The number of thioether (sulfide) groups is 1. The van der Waals surface area contributed by atoms with E-state index in [1.165, 1.54) is 11.8 Å². The molecule has 0 fully saturated rings. The van der Waals surface area contributed by atoms with Crippen LogP contribution < -0.4 is 5.56 Å². The van der Waals surface area contributed by atoms with Gasteiger partial charge in [-0.3, -0.25) is 9.36 Å². The fourth-order valence-electron chi connectivity index (χ4n) is 2.46. The summed E-state index contributed by atoms with van der Waals surface area (Å²) in [6.07, 6.45) is 1.40. The molecular formula is C17H19ClN4O3S. The summed E-state index contributed by atoms with van der Waals surface area (Å²) in [5, 5.41) is 9.65. The predicted octanol–water partition coefficient (Wildman–Crippen LogP) is 3.32. The Morgan fingerprint density at radius 3 is 2.85 bits per heavy atom. The second-order valence-electron chi connectivity index (χ2n) is 5.59. The van der Waals surface area contributed by atoms with Crippen molar-refractivity contribution in [2.75, 3.05) is 13.7 Å². The Morgan fingerprint density at radius 1 is 1.31 bits per heavy atom. The van der Waals surface area contributed by atoms with Crippen molar-refractivity contribution < 1.29 is 9.15 Å². The minimum absolute atomic E-state index is 0.0925. The highest BCUT2D eigenvalue weighted by atomic mass is 35.5. The molecule has 0 saturated carbocycles. The third-order valence-corrected chi connectivity index (χ3v) is 4.94. The lowest BCUT2D eigenvalue weighted by Gasteiger charge is -2.12. The zero-order chi connectivity index (χ0) is 18.5. The molecule has 0 unspecified atom stereocenters. The normalized spacial score (nSPS) is 11.3. The molecule has 1 aromatic carbocycles. The molecule has 0 spiro atoms. The molecule has 0 bridgehead atoms. The number of halogens is 1. The first-order chi connectivity index (χ1) is 12.6. The first kappa shape index (κ1) is 18.9. The van der Waals surface area contributed by atoms with E-state index in [-0.39, 0.29) is 5.56 Å². The Morgan fingerprint density at radius 2 is 2.12 bits per heavy atom. The van der Waals surface area contributed by atoms with Gasteiger partial charge in [0.1, 0.15) is 0 Å². The number of hydrogen-bond acceptors (Lipinski definition) is 7. The van der Waals surface area contributed by atoms with E-state index in [9.17, 15) is 4.79 Å². The Bertz CT molecular complexity index is 957. The van der Waals surface area contributed by atoms with E-state index in [1.807, 2.05) is 6.92 Å². The largest absolute Gasteiger partial charge is 0.424 e. The van der Waals surface area contributed by atoms with Crippen LogP contribution >= 0.6 is 23.4 Å². The zero-order valence-electron chi connectivity index (χ0n) is 14.6. The SMILES string of the molecule is CCc1nnc(CSc2nc3cc(Cl)ccc3c(=O)n2CCCOC)o1. The molecule has 26 heavy (non-hydrogen) atoms. The number of fused-ring (bicyclic) bond motifs is 1. The van der Waals surface area contributed by atoms with Crippen molar-refractivity contribution in [3.8, 4) is 0 Å². The highest BCUT2D eigenvalue weighted by molar-refractivity contribution is 7.98. The molecule has 0 saturated heterocycles. The summed E-state index contributed by atoms with van der Waals surface area (Å²) in [6.45, 7) is 3.04. The minimum atomic E-state index is -0.0925. The lowest BCUT2D eigenvalue weighted by Crippen LogP contribution is -2.24. The van der Waals surface area contributed by atoms with E-state index in [1.54, 1.807) is 29.9 Å². The Labute approximate surface area is 159 Å². The Balaban J connectivity index is 1.94. The van der Waals surface area contributed by atoms with Crippen LogP contribution in [0.1, 0.15) is 25.1 Å². The summed E-state index contributed by atoms with van der Waals surface area (Å²) < 4.78 is 12.3. The zero-order valence-corrected chi connectivity index (χ0v) is 16.1. The molecule has 0 atom stereocenters. The van der Waals surface area contributed by atoms with E-state index in [0.29, 0.717) is 64.6 Å². The molecule has 3 rings (SSSR count). The molecule has 0 aliphatic rings. The standard InChI is InChI=1S/C17H19ClN4O3S/c1-3-14-20-21-15(25-14)10-26-17-19-13-9-11(18)5-6-12(13)16(23)22(17)7-4-8-24-2/h5-6,9H,3-4,7-8,10H2,1-2H3. The van der Waals surface area contributed by atoms with Crippen LogP contribution in [0.5, 0.6) is 0 Å². The molecule has 9 heteroatoms. The van der Waals surface area contributed by atoms with Crippen molar-refractivity contribution in [1.29, 1.82) is 0 Å². The van der Waals surface area contributed by atoms with Crippen molar-refractivity contribution in [2.24, 2.45) is 0 Å². The number of benzene rings is 1. The Kier molecular flexibility index (Phi) is 6.29. The molecule has 2 aromatic heterocycles. The fraction of sp³-hybridized carbons (Fsp3) is 0.412. The third kappa shape index (κ3) is 4.25. The van der Waals surface area contributed by atoms with Gasteiger partial charge in [0.25, 0.3) is 5.56 Å². The summed E-state index contributed by atoms with van der Waals surface area (Å²) in [7, 11) is 1.64. The van der Waals surface area contributed by atoms with Crippen LogP contribution in [0, 0.1) is 0 Å². The minimum Gasteiger partial charge on any atom is -0.424 e. The van der Waals surface area contributed by atoms with Gasteiger partial charge in [0.05, 0.1) is 16.7 Å². The molecule has 0 amide bonds. The monoisotopic (exact) mass is 394 g/mol. The van der Waals surface area contributed by atoms with E-state index in [0.717, 1.165) is 0 Å². The van der Waals surface area contributed by atoms with Gasteiger partial charge in [-0.05, 0) is 24.6 Å². The summed E-state index contributed by atoms with van der Waals surface area (Å²) in [4.78, 5) is 17.5. The highest BCUT2D eigenvalue weighted by Gasteiger charge is 2.14. The van der Waals surface area contributed by atoms with Crippen LogP contribution in [0.25, 0.3) is 10.9 Å². The lowest BCUT2D eigenvalue weighted by molar-refractivity contribution is 0.189. The molecule has 138 valence electrons. The average Bonchev–Trinajstić information content (AvgIpc) is 3.10. The topological polar surface area (TPSA) is 83.0 Å². The van der Waals surface area contributed by atoms with Gasteiger partial charge in [0, 0.05) is 31.7 Å². The number of rotatable bonds is 8. The molecule has 7 nitrogen and oxygen atoms in total. The van der Waals surface area contributed by atoms with Crippen molar-refractivity contribution in [3.05, 3.63) is 45.4 Å². The summed E-state index contributed by atoms with van der Waals surface area (Å²) in [5.74, 6) is 1.54. The van der Waals surface area contributed by atoms with Gasteiger partial charge in [-0.1, -0.05) is 30.3 Å². The number of ether oxygens (including phenoxy) is 1. The number of nitrogens with zero attached hydrogens (tertiary/aromatic N) is 4. The van der Waals surface area contributed by atoms with Crippen LogP contribution in [0.15, 0.2) is 32.6 Å². The molecule has 0 aliphatic heterocycles. The van der Waals surface area contributed by atoms with Crippen molar-refractivity contribution in [3.63, 3.8) is 0 Å². The Hall–Kier alpha value is -1.90. The summed E-state index contributed by atoms with van der Waals surface area (Å²) in [5.41, 5.74) is 0.484. The number of hydrogen-bond donors (Lipinski definition) is 0. The average molecular weight is 395 g/mol. The molecule has 0 aliphatic carbocycles. The number of aromatic nitrogens is 4. The summed E-state index contributed by atoms with van der Waals surface area (Å²) in [6, 6.07) is 5.10. The van der Waals surface area contributed by atoms with Crippen molar-refractivity contribution in [2.45, 2.75) is 37.2 Å². The maximum absolute atomic E-state index is 12.9. The predicted molar refractivity (Wildman–Crippen MR) is 101 cm³/mol. The fourth-order valence-corrected chi connectivity index (χ4v) is 3.49. The molecular weight excluding hydrogens is 376 g/mol. The van der Waals surface area contributed by atoms with Crippen LogP contribution in [0.2, 0.25) is 5.02 Å². The van der Waals surface area contributed by atoms with Gasteiger partial charge in [-0.25, -0.2) is 4.98 Å². The van der Waals surface area contributed by atoms with Gasteiger partial charge >= 0.3 is 0 Å². The van der Waals surface area contributed by atoms with Crippen LogP contribution in [0.4, 0.5) is 0 Å². The van der Waals surface area contributed by atoms with Crippen molar-refractivity contribution >= 4 is 34.3 Å². The van der Waals surface area contributed by atoms with Gasteiger partial charge in [-0.15, -0.1) is 10.2 Å². The maximum atomic E-state index is 12.9. The lowest BCUT2D eigenvalue weighted by atomic mass is 10.2.